The number of aliphatic hydroxyl groups is 1. The third-order valence-electron chi connectivity index (χ3n) is 2.20. The number of aliphatic hydroxyl groups excluding tert-OH is 1. The van der Waals surface area contributed by atoms with Gasteiger partial charge in [0.15, 0.2) is 0 Å². The summed E-state index contributed by atoms with van der Waals surface area (Å²) >= 11 is 0. The summed E-state index contributed by atoms with van der Waals surface area (Å²) in [6.07, 6.45) is 6.40. The largest absolute Gasteiger partial charge is 0.396 e. The molecule has 6 heteroatoms. The number of unbranched alkanes of at least 4 members (excludes halogenated alkanes) is 2. The molecule has 1 heterocycles. The zero-order chi connectivity index (χ0) is 11.6. The lowest BCUT2D eigenvalue weighted by molar-refractivity contribution is -0.121. The maximum atomic E-state index is 11.3. The third-order valence-corrected chi connectivity index (χ3v) is 2.20. The first-order valence-electron chi connectivity index (χ1n) is 5.54. The van der Waals surface area contributed by atoms with Gasteiger partial charge in [-0.25, -0.2) is 0 Å². The molecule has 1 amide bonds. The summed E-state index contributed by atoms with van der Waals surface area (Å²) in [5.74, 6) is 0.0273. The minimum Gasteiger partial charge on any atom is -0.396 e. The topological polar surface area (TPSA) is 80.0 Å². The fourth-order valence-electron chi connectivity index (χ4n) is 1.30. The van der Waals surface area contributed by atoms with Gasteiger partial charge in [-0.1, -0.05) is 5.21 Å². The van der Waals surface area contributed by atoms with Crippen LogP contribution in [0.4, 0.5) is 0 Å². The molecule has 1 aromatic heterocycles. The Morgan fingerprint density at radius 2 is 2.25 bits per heavy atom. The van der Waals surface area contributed by atoms with Gasteiger partial charge in [0.1, 0.15) is 0 Å². The number of aryl methyl sites for hydroxylation is 1. The number of nitrogens with one attached hydrogen (secondary N) is 1. The molecule has 0 spiro atoms. The van der Waals surface area contributed by atoms with Crippen LogP contribution in [0, 0.1) is 0 Å². The number of nitrogens with zero attached hydrogens (tertiary/aromatic N) is 3. The smallest absolute Gasteiger partial charge is 0.221 e. The minimum atomic E-state index is 0.0273. The maximum absolute atomic E-state index is 11.3. The molecular weight excluding hydrogens is 208 g/mol. The summed E-state index contributed by atoms with van der Waals surface area (Å²) in [6.45, 7) is 1.46. The Hall–Kier alpha value is -1.43. The van der Waals surface area contributed by atoms with Gasteiger partial charge in [-0.2, -0.15) is 0 Å². The molecule has 0 aliphatic heterocycles. The van der Waals surface area contributed by atoms with E-state index >= 15 is 0 Å². The van der Waals surface area contributed by atoms with Crippen molar-refractivity contribution in [1.82, 2.24) is 20.3 Å². The van der Waals surface area contributed by atoms with Gasteiger partial charge in [-0.3, -0.25) is 9.48 Å². The van der Waals surface area contributed by atoms with E-state index in [2.05, 4.69) is 15.6 Å². The molecule has 0 aliphatic rings. The van der Waals surface area contributed by atoms with E-state index in [1.807, 2.05) is 0 Å². The molecule has 0 atom stereocenters. The molecule has 6 nitrogen and oxygen atoms in total. The van der Waals surface area contributed by atoms with Crippen molar-refractivity contribution in [2.45, 2.75) is 32.2 Å². The van der Waals surface area contributed by atoms with Crippen LogP contribution in [-0.4, -0.2) is 39.2 Å². The number of hydrogen-bond acceptors (Lipinski definition) is 4. The van der Waals surface area contributed by atoms with Crippen LogP contribution in [0.15, 0.2) is 12.4 Å². The molecule has 0 radical (unpaired) electrons. The minimum absolute atomic E-state index is 0.0273. The Morgan fingerprint density at radius 1 is 1.38 bits per heavy atom. The number of hydrogen-bond donors (Lipinski definition) is 2. The number of aromatic nitrogens is 3. The Labute approximate surface area is 94.7 Å². The Bertz CT molecular complexity index is 287. The molecule has 0 unspecified atom stereocenters. The van der Waals surface area contributed by atoms with Crippen molar-refractivity contribution in [1.29, 1.82) is 0 Å². The molecule has 16 heavy (non-hydrogen) atoms. The van der Waals surface area contributed by atoms with Gasteiger partial charge in [0.25, 0.3) is 0 Å². The van der Waals surface area contributed by atoms with Crippen LogP contribution in [0.25, 0.3) is 0 Å². The van der Waals surface area contributed by atoms with Gasteiger partial charge < -0.3 is 10.4 Å². The molecule has 0 bridgehead atoms. The highest BCUT2D eigenvalue weighted by atomic mass is 16.2. The fraction of sp³-hybridized carbons (Fsp3) is 0.700. The van der Waals surface area contributed by atoms with Crippen molar-refractivity contribution in [3.05, 3.63) is 12.4 Å². The van der Waals surface area contributed by atoms with Gasteiger partial charge in [-0.05, 0) is 19.3 Å². The van der Waals surface area contributed by atoms with Gasteiger partial charge in [0.2, 0.25) is 5.91 Å². The lowest BCUT2D eigenvalue weighted by Crippen LogP contribution is -2.25. The molecule has 0 saturated carbocycles. The summed E-state index contributed by atoms with van der Waals surface area (Å²) in [6, 6.07) is 0. The van der Waals surface area contributed by atoms with Crippen LogP contribution in [0.3, 0.4) is 0 Å². The van der Waals surface area contributed by atoms with Crippen LogP contribution in [-0.2, 0) is 11.3 Å². The summed E-state index contributed by atoms with van der Waals surface area (Å²) in [7, 11) is 0. The number of rotatable bonds is 8. The van der Waals surface area contributed by atoms with E-state index in [1.54, 1.807) is 17.1 Å². The summed E-state index contributed by atoms with van der Waals surface area (Å²) in [5, 5.41) is 18.8. The average Bonchev–Trinajstić information content (AvgIpc) is 2.79. The highest BCUT2D eigenvalue weighted by molar-refractivity contribution is 5.75. The molecule has 2 N–H and O–H groups in total. The zero-order valence-corrected chi connectivity index (χ0v) is 9.30. The first-order chi connectivity index (χ1) is 7.83. The fourth-order valence-corrected chi connectivity index (χ4v) is 1.30. The molecule has 0 saturated heterocycles. The van der Waals surface area contributed by atoms with E-state index in [0.29, 0.717) is 19.5 Å². The van der Waals surface area contributed by atoms with Gasteiger partial charge >= 0.3 is 0 Å². The Balaban J connectivity index is 1.99. The van der Waals surface area contributed by atoms with E-state index in [-0.39, 0.29) is 12.5 Å². The van der Waals surface area contributed by atoms with E-state index in [9.17, 15) is 4.79 Å². The second kappa shape index (κ2) is 7.81. The molecule has 0 aliphatic carbocycles. The zero-order valence-electron chi connectivity index (χ0n) is 9.30. The molecule has 1 aromatic rings. The first-order valence-corrected chi connectivity index (χ1v) is 5.54. The van der Waals surface area contributed by atoms with E-state index in [4.69, 9.17) is 5.11 Å². The second-order valence-electron chi connectivity index (χ2n) is 3.55. The molecule has 90 valence electrons. The summed E-state index contributed by atoms with van der Waals surface area (Å²) in [4.78, 5) is 11.3. The van der Waals surface area contributed by atoms with E-state index < -0.39 is 0 Å². The Kier molecular flexibility index (Phi) is 6.17. The van der Waals surface area contributed by atoms with Crippen LogP contribution < -0.4 is 5.32 Å². The molecule has 0 aromatic carbocycles. The van der Waals surface area contributed by atoms with Crippen LogP contribution in [0.5, 0.6) is 0 Å². The van der Waals surface area contributed by atoms with Crippen molar-refractivity contribution < 1.29 is 9.90 Å². The van der Waals surface area contributed by atoms with Crippen molar-refractivity contribution in [2.75, 3.05) is 13.2 Å². The second-order valence-corrected chi connectivity index (χ2v) is 3.55. The highest BCUT2D eigenvalue weighted by Crippen LogP contribution is 1.93. The third kappa shape index (κ3) is 5.45. The maximum Gasteiger partial charge on any atom is 0.221 e. The van der Waals surface area contributed by atoms with E-state index in [1.165, 1.54) is 0 Å². The first kappa shape index (κ1) is 12.6. The van der Waals surface area contributed by atoms with Crippen molar-refractivity contribution in [3.63, 3.8) is 0 Å². The van der Waals surface area contributed by atoms with Crippen LogP contribution >= 0.6 is 0 Å². The monoisotopic (exact) mass is 226 g/mol. The SMILES string of the molecule is O=C(CCn1ccnn1)NCCCCCO. The normalized spacial score (nSPS) is 10.3. The standard InChI is InChI=1S/C10H18N4O2/c15-9-3-1-2-5-11-10(16)4-7-14-8-6-12-13-14/h6,8,15H,1-5,7,9H2,(H,11,16). The quantitative estimate of drug-likeness (QED) is 0.609. The summed E-state index contributed by atoms with van der Waals surface area (Å²) < 4.78 is 1.63. The lowest BCUT2D eigenvalue weighted by Gasteiger charge is -2.04. The van der Waals surface area contributed by atoms with Crippen LogP contribution in [0.1, 0.15) is 25.7 Å². The Morgan fingerprint density at radius 3 is 2.94 bits per heavy atom. The molecule has 1 rings (SSSR count). The summed E-state index contributed by atoms with van der Waals surface area (Å²) in [5.41, 5.74) is 0. The van der Waals surface area contributed by atoms with Crippen molar-refractivity contribution in [2.24, 2.45) is 0 Å². The van der Waals surface area contributed by atoms with Gasteiger partial charge in [0, 0.05) is 25.8 Å². The highest BCUT2D eigenvalue weighted by Gasteiger charge is 2.01. The van der Waals surface area contributed by atoms with Gasteiger partial charge in [-0.15, -0.1) is 5.10 Å². The van der Waals surface area contributed by atoms with Crippen molar-refractivity contribution in [3.8, 4) is 0 Å². The molecule has 0 fully saturated rings. The van der Waals surface area contributed by atoms with Crippen LogP contribution in [0.2, 0.25) is 0 Å². The number of carbonyl (C=O) groups excluding carboxylic acids is 1. The van der Waals surface area contributed by atoms with Crippen molar-refractivity contribution >= 4 is 5.91 Å². The van der Waals surface area contributed by atoms with Gasteiger partial charge in [0.05, 0.1) is 12.7 Å². The lowest BCUT2D eigenvalue weighted by atomic mass is 10.2. The van der Waals surface area contributed by atoms with E-state index in [0.717, 1.165) is 19.3 Å². The number of carbonyl (C=O) groups is 1. The average molecular weight is 226 g/mol. The predicted molar refractivity (Wildman–Crippen MR) is 58.6 cm³/mol. The molecular formula is C10H18N4O2. The number of amides is 1. The predicted octanol–water partition coefficient (Wildman–Crippen LogP) is -0.0530.